The fraction of sp³-hybridized carbons (Fsp3) is 0.583. The number of benzene rings is 3. The summed E-state index contributed by atoms with van der Waals surface area (Å²) in [7, 11) is -3.27. The fourth-order valence-electron chi connectivity index (χ4n) is 10.2. The Bertz CT molecular complexity index is 1690. The normalized spacial score (nSPS) is 20.9. The van der Waals surface area contributed by atoms with E-state index < -0.39 is 85.0 Å². The molecule has 4 fully saturated rings. The molecule has 0 nitrogen and oxygen atoms in total. The van der Waals surface area contributed by atoms with E-state index in [9.17, 15) is 52.7 Å². The number of halogens is 12. The molecule has 4 aliphatic carbocycles. The Labute approximate surface area is 379 Å². The molecule has 0 aromatic heterocycles. The minimum Gasteiger partial charge on any atom is -0.358 e. The molecule has 3 aromatic carbocycles. The van der Waals surface area contributed by atoms with Crippen LogP contribution in [0.15, 0.2) is 60.7 Å². The summed E-state index contributed by atoms with van der Waals surface area (Å²) in [6.07, 6.45) is -0.463. The van der Waals surface area contributed by atoms with Crippen molar-refractivity contribution in [1.82, 2.24) is 0 Å². The summed E-state index contributed by atoms with van der Waals surface area (Å²) in [5.41, 5.74) is -5.47. The standard InChI is InChI=1S/C41H44F12P2.C5H10.2CH3.Fe/c1-25(34-16-10-17-35(34)36-15-8-9-18-37(36)55(30-11-4-2-5-12-30)31-13-6-3-7-14-31)54(32-21-26(38(42,43)44)19-27(22-32)39(45,46)47)33-23-28(40(48,49)50)20-29(24-33)41(51,52)53;1-2-4-5-3-1;;;/h8-9,15,18-25,30-31,34-35H,2-7,10-14,16-17H2,1H3;1-5H2;2*1H3;/q;;2*-1;+2/t25-,34?,35?;;;;/m0..../s1. The van der Waals surface area contributed by atoms with Gasteiger partial charge in [0.05, 0.1) is 22.3 Å². The van der Waals surface area contributed by atoms with Crippen LogP contribution in [0.1, 0.15) is 156 Å². The third-order valence-corrected chi connectivity index (χ3v) is 19.5. The number of rotatable bonds is 8. The molecular weight excluding hydrogens is 922 g/mol. The molecule has 0 aliphatic heterocycles. The summed E-state index contributed by atoms with van der Waals surface area (Å²) in [6.45, 7) is 1.59. The maximum absolute atomic E-state index is 14.2. The van der Waals surface area contributed by atoms with Gasteiger partial charge in [-0.25, -0.2) is 0 Å². The molecule has 3 atom stereocenters. The molecule has 63 heavy (non-hydrogen) atoms. The molecule has 7 rings (SSSR count). The van der Waals surface area contributed by atoms with Crippen LogP contribution in [0.2, 0.25) is 0 Å². The van der Waals surface area contributed by atoms with Crippen LogP contribution in [0.3, 0.4) is 0 Å². The van der Waals surface area contributed by atoms with E-state index in [4.69, 9.17) is 0 Å². The Hall–Kier alpha value is -1.80. The number of hydrogen-bond acceptors (Lipinski definition) is 0. The molecule has 0 bridgehead atoms. The van der Waals surface area contributed by atoms with Crippen molar-refractivity contribution < 1.29 is 69.8 Å². The second kappa shape index (κ2) is 23.3. The van der Waals surface area contributed by atoms with Gasteiger partial charge in [-0.3, -0.25) is 0 Å². The van der Waals surface area contributed by atoms with Gasteiger partial charge >= 0.3 is 41.8 Å². The first-order valence-electron chi connectivity index (χ1n) is 21.5. The zero-order valence-corrected chi connectivity index (χ0v) is 39.1. The van der Waals surface area contributed by atoms with Gasteiger partial charge in [0.15, 0.2) is 0 Å². The number of hydrogen-bond donors (Lipinski definition) is 0. The molecule has 0 radical (unpaired) electrons. The van der Waals surface area contributed by atoms with Gasteiger partial charge in [-0.15, -0.1) is 0 Å². The summed E-state index contributed by atoms with van der Waals surface area (Å²) < 4.78 is 170. The van der Waals surface area contributed by atoms with E-state index >= 15 is 0 Å². The van der Waals surface area contributed by atoms with Crippen molar-refractivity contribution in [2.24, 2.45) is 5.92 Å². The first-order chi connectivity index (χ1) is 28.2. The Morgan fingerprint density at radius 1 is 0.460 bits per heavy atom. The molecule has 0 N–H and O–H groups in total. The summed E-state index contributed by atoms with van der Waals surface area (Å²) >= 11 is 0. The third-order valence-electron chi connectivity index (χ3n) is 13.1. The largest absolute Gasteiger partial charge is 2.00 e. The zero-order valence-electron chi connectivity index (χ0n) is 36.2. The molecule has 354 valence electrons. The van der Waals surface area contributed by atoms with E-state index in [1.807, 2.05) is 18.2 Å². The average molecular weight is 983 g/mol. The molecule has 0 saturated heterocycles. The van der Waals surface area contributed by atoms with Crippen LogP contribution in [-0.4, -0.2) is 17.0 Å². The Kier molecular flexibility index (Phi) is 20.5. The van der Waals surface area contributed by atoms with Crippen molar-refractivity contribution in [1.29, 1.82) is 0 Å². The first-order valence-corrected chi connectivity index (χ1v) is 24.4. The topological polar surface area (TPSA) is 0 Å². The predicted octanol–water partition coefficient (Wildman–Crippen LogP) is 16.8. The molecule has 0 spiro atoms. The fourth-order valence-corrected chi connectivity index (χ4v) is 17.4. The smallest absolute Gasteiger partial charge is 0.358 e. The molecule has 0 amide bonds. The van der Waals surface area contributed by atoms with Gasteiger partial charge in [0, 0.05) is 0 Å². The van der Waals surface area contributed by atoms with Gasteiger partial charge in [-0.2, -0.15) is 52.7 Å². The van der Waals surface area contributed by atoms with E-state index in [1.165, 1.54) is 50.3 Å². The second-order valence-corrected chi connectivity index (χ2v) is 22.5. The van der Waals surface area contributed by atoms with E-state index in [0.717, 1.165) is 56.9 Å². The summed E-state index contributed by atoms with van der Waals surface area (Å²) in [5.74, 6) is -0.663. The molecular formula is C48H60F12FeP2. The first kappa shape index (κ1) is 55.5. The van der Waals surface area contributed by atoms with Gasteiger partial charge in [-0.05, 0) is 133 Å². The van der Waals surface area contributed by atoms with Gasteiger partial charge < -0.3 is 14.9 Å². The second-order valence-electron chi connectivity index (χ2n) is 17.2. The quantitative estimate of drug-likeness (QED) is 0.0913. The van der Waals surface area contributed by atoms with Crippen LogP contribution >= 0.6 is 15.8 Å². The van der Waals surface area contributed by atoms with Crippen molar-refractivity contribution in [2.75, 3.05) is 0 Å². The maximum atomic E-state index is 14.2. The van der Waals surface area contributed by atoms with Gasteiger partial charge in [-0.1, -0.05) is 116 Å². The Morgan fingerprint density at radius 2 is 0.810 bits per heavy atom. The van der Waals surface area contributed by atoms with E-state index in [1.54, 1.807) is 6.92 Å². The van der Waals surface area contributed by atoms with Crippen LogP contribution in [0.5, 0.6) is 0 Å². The SMILES string of the molecule is C1CCCC1.C[C@@H](C1CCCC1c1ccccc1P(C1CCCCC1)C1CCCCC1)P(c1cc(C(F)(F)F)cc(C(F)(F)F)c1)c1cc(C(F)(F)F)cc(C(F)(F)F)c1.[CH3-].[CH3-].[Fe+2]. The van der Waals surface area contributed by atoms with Crippen LogP contribution < -0.4 is 15.9 Å². The maximum Gasteiger partial charge on any atom is 2.00 e. The minimum absolute atomic E-state index is 0. The number of alkyl halides is 12. The summed E-state index contributed by atoms with van der Waals surface area (Å²) in [6, 6.07) is 9.92. The molecule has 0 heterocycles. The monoisotopic (exact) mass is 982 g/mol. The zero-order chi connectivity index (χ0) is 43.5. The molecule has 3 aromatic rings. The average Bonchev–Trinajstić information content (AvgIpc) is 3.95. The predicted molar refractivity (Wildman–Crippen MR) is 231 cm³/mol. The van der Waals surface area contributed by atoms with Gasteiger partial charge in [0.2, 0.25) is 0 Å². The van der Waals surface area contributed by atoms with E-state index in [2.05, 4.69) is 6.07 Å². The molecule has 15 heteroatoms. The Balaban J connectivity index is 0.00000123. The van der Waals surface area contributed by atoms with Crippen LogP contribution in [0, 0.1) is 20.8 Å². The van der Waals surface area contributed by atoms with Crippen LogP contribution in [0.4, 0.5) is 52.7 Å². The van der Waals surface area contributed by atoms with Crippen molar-refractivity contribution in [3.8, 4) is 0 Å². The van der Waals surface area contributed by atoms with E-state index in [0.29, 0.717) is 54.8 Å². The molecule has 4 aliphatic rings. The minimum atomic E-state index is -5.27. The summed E-state index contributed by atoms with van der Waals surface area (Å²) in [4.78, 5) is 0. The van der Waals surface area contributed by atoms with Gasteiger partial charge in [0.25, 0.3) is 0 Å². The van der Waals surface area contributed by atoms with Crippen molar-refractivity contribution in [2.45, 2.75) is 170 Å². The third kappa shape index (κ3) is 14.1. The van der Waals surface area contributed by atoms with Crippen LogP contribution in [0.25, 0.3) is 0 Å². The Morgan fingerprint density at radius 3 is 1.17 bits per heavy atom. The van der Waals surface area contributed by atoms with Crippen LogP contribution in [-0.2, 0) is 41.8 Å². The van der Waals surface area contributed by atoms with Crippen molar-refractivity contribution in [3.05, 3.63) is 103 Å². The molecule has 4 saturated carbocycles. The summed E-state index contributed by atoms with van der Waals surface area (Å²) in [5, 5.41) is 0.118. The van der Waals surface area contributed by atoms with Crippen molar-refractivity contribution >= 4 is 31.8 Å². The van der Waals surface area contributed by atoms with Crippen molar-refractivity contribution in [3.63, 3.8) is 0 Å². The van der Waals surface area contributed by atoms with E-state index in [-0.39, 0.29) is 50.0 Å². The van der Waals surface area contributed by atoms with Gasteiger partial charge in [0.1, 0.15) is 0 Å². The molecule has 2 unspecified atom stereocenters.